The van der Waals surface area contributed by atoms with Crippen molar-refractivity contribution in [3.8, 4) is 0 Å². The molecular formula is C10H11N3O4S. The first-order chi connectivity index (χ1) is 8.38. The average molecular weight is 269 g/mol. The molecular weight excluding hydrogens is 258 g/mol. The third kappa shape index (κ3) is 2.44. The number of rotatable bonds is 3. The number of nitrogens with two attached hydrogens (primary N) is 1. The van der Waals surface area contributed by atoms with Crippen molar-refractivity contribution in [2.45, 2.75) is 11.4 Å². The lowest BCUT2D eigenvalue weighted by Crippen LogP contribution is -2.33. The molecule has 1 heterocycles. The first-order valence-corrected chi connectivity index (χ1v) is 6.48. The van der Waals surface area contributed by atoms with Gasteiger partial charge >= 0.3 is 6.09 Å². The number of primary sulfonamides is 1. The highest BCUT2D eigenvalue weighted by molar-refractivity contribution is 7.89. The van der Waals surface area contributed by atoms with Crippen LogP contribution in [0.25, 0.3) is 0 Å². The molecule has 2 rings (SSSR count). The number of benzene rings is 1. The van der Waals surface area contributed by atoms with Crippen LogP contribution in [0.3, 0.4) is 0 Å². The SMILES string of the molecule is C=C1NN(Cc2ccccc2S(N)(=O)=O)C(=O)O1. The van der Waals surface area contributed by atoms with Gasteiger partial charge in [0.1, 0.15) is 0 Å². The first-order valence-electron chi connectivity index (χ1n) is 4.93. The maximum Gasteiger partial charge on any atom is 0.435 e. The van der Waals surface area contributed by atoms with Gasteiger partial charge in [-0.15, -0.1) is 0 Å². The second-order valence-electron chi connectivity index (χ2n) is 3.64. The van der Waals surface area contributed by atoms with Crippen molar-refractivity contribution in [1.82, 2.24) is 10.4 Å². The number of sulfonamides is 1. The molecule has 0 unspecified atom stereocenters. The van der Waals surface area contributed by atoms with Gasteiger partial charge < -0.3 is 4.74 Å². The lowest BCUT2D eigenvalue weighted by Gasteiger charge is -2.14. The molecule has 0 bridgehead atoms. The zero-order chi connectivity index (χ0) is 13.3. The van der Waals surface area contributed by atoms with Crippen molar-refractivity contribution in [1.29, 1.82) is 0 Å². The molecule has 1 aliphatic rings. The van der Waals surface area contributed by atoms with Gasteiger partial charge in [-0.05, 0) is 18.2 Å². The Morgan fingerprint density at radius 3 is 2.61 bits per heavy atom. The summed E-state index contributed by atoms with van der Waals surface area (Å²) in [5.41, 5.74) is 2.95. The maximum absolute atomic E-state index is 11.4. The van der Waals surface area contributed by atoms with Crippen LogP contribution in [-0.2, 0) is 21.3 Å². The summed E-state index contributed by atoms with van der Waals surface area (Å²) in [5, 5.41) is 6.20. The van der Waals surface area contributed by atoms with Crippen LogP contribution in [0.1, 0.15) is 5.56 Å². The number of ether oxygens (including phenoxy) is 1. The van der Waals surface area contributed by atoms with Crippen LogP contribution in [0, 0.1) is 0 Å². The van der Waals surface area contributed by atoms with E-state index >= 15 is 0 Å². The number of nitrogens with zero attached hydrogens (tertiary/aromatic N) is 1. The Labute approximate surface area is 104 Å². The lowest BCUT2D eigenvalue weighted by molar-refractivity contribution is 0.161. The van der Waals surface area contributed by atoms with Crippen LogP contribution < -0.4 is 10.6 Å². The Balaban J connectivity index is 2.30. The molecule has 3 N–H and O–H groups in total. The number of amides is 1. The van der Waals surface area contributed by atoms with Crippen LogP contribution in [0.2, 0.25) is 0 Å². The van der Waals surface area contributed by atoms with Crippen molar-refractivity contribution in [3.63, 3.8) is 0 Å². The number of hydrazine groups is 1. The van der Waals surface area contributed by atoms with E-state index in [0.29, 0.717) is 5.56 Å². The Morgan fingerprint density at radius 1 is 1.39 bits per heavy atom. The molecule has 0 radical (unpaired) electrons. The van der Waals surface area contributed by atoms with E-state index in [4.69, 9.17) is 5.14 Å². The van der Waals surface area contributed by atoms with Gasteiger partial charge in [-0.3, -0.25) is 5.43 Å². The molecule has 1 aromatic rings. The molecule has 0 aromatic heterocycles. The number of hydrogen-bond acceptors (Lipinski definition) is 5. The minimum Gasteiger partial charge on any atom is -0.391 e. The standard InChI is InChI=1S/C10H11N3O4S/c1-7-12-13(10(14)17-7)6-8-4-2-3-5-9(8)18(11,15)16/h2-5,12H,1,6H2,(H2,11,15,16). The van der Waals surface area contributed by atoms with Gasteiger partial charge in [-0.1, -0.05) is 18.2 Å². The first kappa shape index (κ1) is 12.4. The predicted molar refractivity (Wildman–Crippen MR) is 62.1 cm³/mol. The topological polar surface area (TPSA) is 102 Å². The van der Waals surface area contributed by atoms with Crippen molar-refractivity contribution < 1.29 is 17.9 Å². The summed E-state index contributed by atoms with van der Waals surface area (Å²) in [6.07, 6.45) is -0.649. The van der Waals surface area contributed by atoms with Gasteiger partial charge in [0, 0.05) is 0 Å². The number of cyclic esters (lactones) is 1. The van der Waals surface area contributed by atoms with E-state index < -0.39 is 16.1 Å². The number of nitrogens with one attached hydrogen (secondary N) is 1. The fourth-order valence-electron chi connectivity index (χ4n) is 1.57. The summed E-state index contributed by atoms with van der Waals surface area (Å²) < 4.78 is 27.4. The van der Waals surface area contributed by atoms with E-state index in [1.54, 1.807) is 18.2 Å². The third-order valence-corrected chi connectivity index (χ3v) is 3.31. The molecule has 7 nitrogen and oxygen atoms in total. The van der Waals surface area contributed by atoms with Gasteiger partial charge in [0.25, 0.3) is 0 Å². The van der Waals surface area contributed by atoms with Crippen LogP contribution >= 0.6 is 0 Å². The fraction of sp³-hybridized carbons (Fsp3) is 0.100. The highest BCUT2D eigenvalue weighted by Gasteiger charge is 2.26. The zero-order valence-electron chi connectivity index (χ0n) is 9.29. The summed E-state index contributed by atoms with van der Waals surface area (Å²) in [4.78, 5) is 11.3. The van der Waals surface area contributed by atoms with Crippen LogP contribution in [0.5, 0.6) is 0 Å². The van der Waals surface area contributed by atoms with E-state index in [1.807, 2.05) is 0 Å². The quantitative estimate of drug-likeness (QED) is 0.819. The molecule has 8 heteroatoms. The van der Waals surface area contributed by atoms with Gasteiger partial charge in [0.05, 0.1) is 11.4 Å². The van der Waals surface area contributed by atoms with Crippen LogP contribution in [-0.4, -0.2) is 19.5 Å². The summed E-state index contributed by atoms with van der Waals surface area (Å²) >= 11 is 0. The van der Waals surface area contributed by atoms with Crippen molar-refractivity contribution in [2.24, 2.45) is 5.14 Å². The molecule has 1 aromatic carbocycles. The van der Waals surface area contributed by atoms with E-state index in [9.17, 15) is 13.2 Å². The van der Waals surface area contributed by atoms with Crippen LogP contribution in [0.4, 0.5) is 4.79 Å². The van der Waals surface area contributed by atoms with Gasteiger partial charge in [0.15, 0.2) is 0 Å². The van der Waals surface area contributed by atoms with E-state index in [-0.39, 0.29) is 17.3 Å². The largest absolute Gasteiger partial charge is 0.435 e. The molecule has 1 fully saturated rings. The highest BCUT2D eigenvalue weighted by atomic mass is 32.2. The predicted octanol–water partition coefficient (Wildman–Crippen LogP) is 0.262. The molecule has 1 saturated heterocycles. The second-order valence-corrected chi connectivity index (χ2v) is 5.17. The van der Waals surface area contributed by atoms with E-state index in [0.717, 1.165) is 5.01 Å². The molecule has 0 aliphatic carbocycles. The second kappa shape index (κ2) is 4.31. The number of carbonyl (C=O) groups is 1. The van der Waals surface area contributed by atoms with Crippen molar-refractivity contribution >= 4 is 16.1 Å². The fourth-order valence-corrected chi connectivity index (χ4v) is 2.33. The number of hydrogen-bond donors (Lipinski definition) is 2. The summed E-state index contributed by atoms with van der Waals surface area (Å²) in [7, 11) is -3.84. The van der Waals surface area contributed by atoms with E-state index in [2.05, 4.69) is 16.7 Å². The zero-order valence-corrected chi connectivity index (χ0v) is 10.1. The molecule has 18 heavy (non-hydrogen) atoms. The molecule has 1 aliphatic heterocycles. The van der Waals surface area contributed by atoms with Crippen molar-refractivity contribution in [3.05, 3.63) is 42.3 Å². The Bertz CT molecular complexity index is 611. The summed E-state index contributed by atoms with van der Waals surface area (Å²) in [5.74, 6) is 0.0908. The van der Waals surface area contributed by atoms with Gasteiger partial charge in [-0.2, -0.15) is 0 Å². The smallest absolute Gasteiger partial charge is 0.391 e. The van der Waals surface area contributed by atoms with Crippen molar-refractivity contribution in [2.75, 3.05) is 0 Å². The van der Waals surface area contributed by atoms with E-state index in [1.165, 1.54) is 6.07 Å². The molecule has 1 amide bonds. The number of carbonyl (C=O) groups excluding carboxylic acids is 1. The van der Waals surface area contributed by atoms with Crippen LogP contribution in [0.15, 0.2) is 41.6 Å². The lowest BCUT2D eigenvalue weighted by atomic mass is 10.2. The monoisotopic (exact) mass is 269 g/mol. The Morgan fingerprint density at radius 2 is 2.06 bits per heavy atom. The normalized spacial score (nSPS) is 15.5. The maximum atomic E-state index is 11.4. The Hall–Kier alpha value is -2.06. The average Bonchev–Trinajstić information content (AvgIpc) is 2.57. The third-order valence-electron chi connectivity index (χ3n) is 2.30. The minimum absolute atomic E-state index is 0.00442. The molecule has 96 valence electrons. The summed E-state index contributed by atoms with van der Waals surface area (Å²) in [6.45, 7) is 3.43. The highest BCUT2D eigenvalue weighted by Crippen LogP contribution is 2.18. The molecule has 0 spiro atoms. The van der Waals surface area contributed by atoms with Gasteiger partial charge in [-0.25, -0.2) is 23.4 Å². The summed E-state index contributed by atoms with van der Waals surface area (Å²) in [6, 6.07) is 6.15. The molecule has 0 atom stereocenters. The van der Waals surface area contributed by atoms with Gasteiger partial charge in [0.2, 0.25) is 15.9 Å². The molecule has 0 saturated carbocycles. The Kier molecular flexibility index (Phi) is 2.97. The minimum atomic E-state index is -3.84.